The van der Waals surface area contributed by atoms with Gasteiger partial charge in [0.2, 0.25) is 0 Å². The highest BCUT2D eigenvalue weighted by Crippen LogP contribution is 2.38. The van der Waals surface area contributed by atoms with Gasteiger partial charge in [0.05, 0.1) is 13.2 Å². The molecule has 2 aromatic heterocycles. The van der Waals surface area contributed by atoms with Crippen LogP contribution in [0.3, 0.4) is 0 Å². The van der Waals surface area contributed by atoms with Crippen LogP contribution in [-0.2, 0) is 0 Å². The van der Waals surface area contributed by atoms with E-state index in [1.807, 2.05) is 19.1 Å². The topological polar surface area (TPSA) is 80.0 Å². The maximum atomic E-state index is 13.2. The standard InChI is InChI=1S/C20H19NO5S/c1-11-13-6-5-12(25-2)10-15(13)26-18(11)19(22)21-9-3-4-14(21)16-7-8-17(27-16)20(23)24/h5-8,10,14H,3-4,9H2,1-2H3,(H,23,24). The van der Waals surface area contributed by atoms with Crippen LogP contribution >= 0.6 is 11.3 Å². The van der Waals surface area contributed by atoms with Crippen molar-refractivity contribution < 1.29 is 23.8 Å². The molecule has 1 saturated heterocycles. The fourth-order valence-electron chi connectivity index (χ4n) is 3.62. The molecule has 1 unspecified atom stereocenters. The largest absolute Gasteiger partial charge is 0.497 e. The molecule has 0 saturated carbocycles. The quantitative estimate of drug-likeness (QED) is 0.716. The number of nitrogens with zero attached hydrogens (tertiary/aromatic N) is 1. The number of carbonyl (C=O) groups is 2. The molecule has 0 spiro atoms. The number of ether oxygens (including phenoxy) is 1. The Bertz CT molecular complexity index is 1030. The minimum atomic E-state index is -0.941. The first-order valence-corrected chi connectivity index (χ1v) is 9.52. The molecule has 1 N–H and O–H groups in total. The number of thiophene rings is 1. The first-order chi connectivity index (χ1) is 13.0. The third-order valence-electron chi connectivity index (χ3n) is 5.02. The second-order valence-electron chi connectivity index (χ2n) is 6.58. The Kier molecular flexibility index (Phi) is 4.39. The van der Waals surface area contributed by atoms with Gasteiger partial charge in [-0.1, -0.05) is 0 Å². The lowest BCUT2D eigenvalue weighted by atomic mass is 10.1. The van der Waals surface area contributed by atoms with Gasteiger partial charge in [-0.2, -0.15) is 0 Å². The average Bonchev–Trinajstić information content (AvgIpc) is 3.39. The molecule has 1 fully saturated rings. The number of likely N-dealkylation sites (tertiary alicyclic amines) is 1. The lowest BCUT2D eigenvalue weighted by Gasteiger charge is -2.23. The molecule has 140 valence electrons. The summed E-state index contributed by atoms with van der Waals surface area (Å²) in [5, 5.41) is 10.0. The van der Waals surface area contributed by atoms with E-state index < -0.39 is 5.97 Å². The average molecular weight is 385 g/mol. The molecule has 3 heterocycles. The van der Waals surface area contributed by atoms with Crippen molar-refractivity contribution in [2.75, 3.05) is 13.7 Å². The van der Waals surface area contributed by atoms with Crippen molar-refractivity contribution in [3.05, 3.63) is 51.4 Å². The third kappa shape index (κ3) is 2.98. The highest BCUT2D eigenvalue weighted by molar-refractivity contribution is 7.14. The van der Waals surface area contributed by atoms with E-state index in [-0.39, 0.29) is 16.8 Å². The van der Waals surface area contributed by atoms with E-state index in [9.17, 15) is 9.59 Å². The summed E-state index contributed by atoms with van der Waals surface area (Å²) in [6, 6.07) is 8.81. The molecule has 7 heteroatoms. The molecule has 1 aliphatic rings. The Labute approximate surface area is 160 Å². The predicted octanol–water partition coefficient (Wildman–Crippen LogP) is 4.49. The third-order valence-corrected chi connectivity index (χ3v) is 6.19. The van der Waals surface area contributed by atoms with Gasteiger partial charge in [0, 0.05) is 28.4 Å². The van der Waals surface area contributed by atoms with Gasteiger partial charge in [0.15, 0.2) is 5.76 Å². The number of aromatic carboxylic acids is 1. The van der Waals surface area contributed by atoms with Crippen LogP contribution < -0.4 is 4.74 Å². The SMILES string of the molecule is COc1ccc2c(C)c(C(=O)N3CCCC3c3ccc(C(=O)O)s3)oc2c1. The molecular formula is C20H19NO5S. The summed E-state index contributed by atoms with van der Waals surface area (Å²) < 4.78 is 11.1. The predicted molar refractivity (Wildman–Crippen MR) is 102 cm³/mol. The maximum absolute atomic E-state index is 13.2. The molecule has 1 aliphatic heterocycles. The first-order valence-electron chi connectivity index (χ1n) is 8.70. The molecule has 1 aromatic carbocycles. The minimum Gasteiger partial charge on any atom is -0.497 e. The van der Waals surface area contributed by atoms with Crippen molar-refractivity contribution in [3.63, 3.8) is 0 Å². The zero-order valence-electron chi connectivity index (χ0n) is 15.0. The van der Waals surface area contributed by atoms with Crippen LogP contribution in [0.15, 0.2) is 34.7 Å². The van der Waals surface area contributed by atoms with Gasteiger partial charge in [0.25, 0.3) is 5.91 Å². The Morgan fingerprint density at radius 3 is 2.81 bits per heavy atom. The number of carboxylic acid groups (broad SMARTS) is 1. The number of hydrogen-bond acceptors (Lipinski definition) is 5. The van der Waals surface area contributed by atoms with E-state index in [1.54, 1.807) is 30.2 Å². The fourth-order valence-corrected chi connectivity index (χ4v) is 4.61. The number of hydrogen-bond donors (Lipinski definition) is 1. The maximum Gasteiger partial charge on any atom is 0.345 e. The zero-order valence-corrected chi connectivity index (χ0v) is 15.8. The Morgan fingerprint density at radius 1 is 1.30 bits per heavy atom. The highest BCUT2D eigenvalue weighted by atomic mass is 32.1. The normalized spacial score (nSPS) is 16.8. The second kappa shape index (κ2) is 6.74. The van der Waals surface area contributed by atoms with Gasteiger partial charge in [-0.3, -0.25) is 4.79 Å². The van der Waals surface area contributed by atoms with E-state index in [1.165, 1.54) is 11.3 Å². The van der Waals surface area contributed by atoms with Gasteiger partial charge in [-0.15, -0.1) is 11.3 Å². The van der Waals surface area contributed by atoms with Crippen molar-refractivity contribution in [3.8, 4) is 5.75 Å². The summed E-state index contributed by atoms with van der Waals surface area (Å²) in [5.41, 5.74) is 1.43. The lowest BCUT2D eigenvalue weighted by molar-refractivity contribution is 0.0696. The summed E-state index contributed by atoms with van der Waals surface area (Å²) >= 11 is 1.23. The number of benzene rings is 1. The second-order valence-corrected chi connectivity index (χ2v) is 7.70. The van der Waals surface area contributed by atoms with Crippen molar-refractivity contribution in [2.45, 2.75) is 25.8 Å². The number of aryl methyl sites for hydroxylation is 1. The number of fused-ring (bicyclic) bond motifs is 1. The van der Waals surface area contributed by atoms with E-state index >= 15 is 0 Å². The summed E-state index contributed by atoms with van der Waals surface area (Å²) in [4.78, 5) is 27.3. The van der Waals surface area contributed by atoms with Crippen LogP contribution in [0.1, 0.15) is 49.6 Å². The van der Waals surface area contributed by atoms with Crippen LogP contribution in [0.25, 0.3) is 11.0 Å². The molecule has 4 rings (SSSR count). The summed E-state index contributed by atoms with van der Waals surface area (Å²) in [6.07, 6.45) is 1.70. The van der Waals surface area contributed by atoms with Crippen LogP contribution in [0.4, 0.5) is 0 Å². The Hall–Kier alpha value is -2.80. The zero-order chi connectivity index (χ0) is 19.1. The van der Waals surface area contributed by atoms with Crippen LogP contribution in [0, 0.1) is 6.92 Å². The summed E-state index contributed by atoms with van der Waals surface area (Å²) in [5.74, 6) is -0.0890. The van der Waals surface area contributed by atoms with Gasteiger partial charge in [-0.25, -0.2) is 4.79 Å². The van der Waals surface area contributed by atoms with Gasteiger partial charge in [0.1, 0.15) is 16.2 Å². The molecule has 1 atom stereocenters. The van der Waals surface area contributed by atoms with E-state index in [0.29, 0.717) is 23.6 Å². The monoisotopic (exact) mass is 385 g/mol. The van der Waals surface area contributed by atoms with Crippen LogP contribution in [0.2, 0.25) is 0 Å². The van der Waals surface area contributed by atoms with Gasteiger partial charge < -0.3 is 19.2 Å². The Balaban J connectivity index is 1.67. The van der Waals surface area contributed by atoms with E-state index in [2.05, 4.69) is 0 Å². The molecular weight excluding hydrogens is 366 g/mol. The van der Waals surface area contributed by atoms with E-state index in [0.717, 1.165) is 28.7 Å². The van der Waals surface area contributed by atoms with Crippen LogP contribution in [0.5, 0.6) is 5.75 Å². The number of carbonyl (C=O) groups excluding carboxylic acids is 1. The van der Waals surface area contributed by atoms with Crippen LogP contribution in [-0.4, -0.2) is 35.5 Å². The first kappa shape index (κ1) is 17.6. The highest BCUT2D eigenvalue weighted by Gasteiger charge is 2.34. The molecule has 6 nitrogen and oxygen atoms in total. The number of rotatable bonds is 4. The van der Waals surface area contributed by atoms with Gasteiger partial charge in [-0.05, 0) is 44.0 Å². The molecule has 27 heavy (non-hydrogen) atoms. The fraction of sp³-hybridized carbons (Fsp3) is 0.300. The van der Waals surface area contributed by atoms with Gasteiger partial charge >= 0.3 is 5.97 Å². The van der Waals surface area contributed by atoms with E-state index in [4.69, 9.17) is 14.3 Å². The molecule has 0 aliphatic carbocycles. The van der Waals surface area contributed by atoms with Crippen molar-refractivity contribution in [1.29, 1.82) is 0 Å². The number of methoxy groups -OCH3 is 1. The summed E-state index contributed by atoms with van der Waals surface area (Å²) in [6.45, 7) is 2.51. The van der Waals surface area contributed by atoms with Crippen molar-refractivity contribution in [1.82, 2.24) is 4.90 Å². The molecule has 0 bridgehead atoms. The lowest BCUT2D eigenvalue weighted by Crippen LogP contribution is -2.30. The molecule has 3 aromatic rings. The number of carboxylic acids is 1. The van der Waals surface area contributed by atoms with Crippen molar-refractivity contribution >= 4 is 34.2 Å². The van der Waals surface area contributed by atoms with Crippen molar-refractivity contribution in [2.24, 2.45) is 0 Å². The molecule has 0 radical (unpaired) electrons. The number of amides is 1. The Morgan fingerprint density at radius 2 is 2.11 bits per heavy atom. The number of furan rings is 1. The summed E-state index contributed by atoms with van der Waals surface area (Å²) in [7, 11) is 1.59. The minimum absolute atomic E-state index is 0.113. The molecule has 1 amide bonds. The smallest absolute Gasteiger partial charge is 0.345 e.